The molecule has 3 rings (SSSR count). The minimum absolute atomic E-state index is 0.389. The number of rotatable bonds is 2. The molecular formula is C15H13N3O. The molecule has 1 aliphatic heterocycles. The van der Waals surface area contributed by atoms with E-state index in [4.69, 9.17) is 10.00 Å². The van der Waals surface area contributed by atoms with Gasteiger partial charge in [0.1, 0.15) is 17.5 Å². The Balaban J connectivity index is 1.88. The van der Waals surface area contributed by atoms with Gasteiger partial charge in [-0.3, -0.25) is 0 Å². The summed E-state index contributed by atoms with van der Waals surface area (Å²) in [5.74, 6) is 1.45. The number of hydrogen-bond donors (Lipinski definition) is 1. The molecule has 2 heterocycles. The van der Waals surface area contributed by atoms with Crippen LogP contribution in [0, 0.1) is 11.3 Å². The second kappa shape index (κ2) is 4.99. The van der Waals surface area contributed by atoms with Crippen molar-refractivity contribution in [1.29, 1.82) is 5.26 Å². The number of ether oxygens (including phenoxy) is 1. The normalized spacial score (nSPS) is 13.0. The molecule has 0 bridgehead atoms. The highest BCUT2D eigenvalue weighted by Gasteiger charge is 2.13. The maximum absolute atomic E-state index is 8.71. The molecule has 0 radical (unpaired) electrons. The zero-order valence-corrected chi connectivity index (χ0v) is 10.4. The van der Waals surface area contributed by atoms with Crippen molar-refractivity contribution in [3.8, 4) is 17.6 Å². The first-order chi connectivity index (χ1) is 9.36. The van der Waals surface area contributed by atoms with Gasteiger partial charge in [0.05, 0.1) is 11.9 Å². The van der Waals surface area contributed by atoms with Crippen LogP contribution in [0.25, 0.3) is 0 Å². The summed E-state index contributed by atoms with van der Waals surface area (Å²) in [6.07, 6.45) is 3.79. The molecule has 0 saturated heterocycles. The van der Waals surface area contributed by atoms with Crippen molar-refractivity contribution >= 4 is 5.69 Å². The molecule has 1 aromatic heterocycles. The third kappa shape index (κ3) is 2.36. The van der Waals surface area contributed by atoms with Crippen molar-refractivity contribution < 1.29 is 4.74 Å². The molecule has 0 unspecified atom stereocenters. The molecule has 0 aliphatic carbocycles. The highest BCUT2D eigenvalue weighted by atomic mass is 16.5. The van der Waals surface area contributed by atoms with Crippen LogP contribution in [0.4, 0.5) is 5.69 Å². The van der Waals surface area contributed by atoms with E-state index < -0.39 is 0 Å². The molecule has 2 aromatic rings. The highest BCUT2D eigenvalue weighted by Crippen LogP contribution is 2.34. The number of hydrogen-bond acceptors (Lipinski definition) is 4. The van der Waals surface area contributed by atoms with Crippen LogP contribution in [0.1, 0.15) is 17.7 Å². The van der Waals surface area contributed by atoms with E-state index in [1.807, 2.05) is 18.2 Å². The third-order valence-corrected chi connectivity index (χ3v) is 3.12. The molecule has 0 amide bonds. The lowest BCUT2D eigenvalue weighted by Crippen LogP contribution is -2.12. The van der Waals surface area contributed by atoms with Crippen molar-refractivity contribution in [1.82, 2.24) is 4.98 Å². The number of nitrogens with zero attached hydrogens (tertiary/aromatic N) is 2. The van der Waals surface area contributed by atoms with Gasteiger partial charge in [0.25, 0.3) is 0 Å². The summed E-state index contributed by atoms with van der Waals surface area (Å²) in [5.41, 5.74) is 2.74. The average molecular weight is 251 g/mol. The SMILES string of the molecule is N#Cc1ccc(Oc2cccc3c2NCCC3)cn1. The maximum Gasteiger partial charge on any atom is 0.150 e. The molecule has 1 N–H and O–H groups in total. The standard InChI is InChI=1S/C15H13N3O/c16-9-12-6-7-13(10-18-12)19-14-5-1-3-11-4-2-8-17-15(11)14/h1,3,5-7,10,17H,2,4,8H2. The first-order valence-electron chi connectivity index (χ1n) is 6.26. The van der Waals surface area contributed by atoms with Crippen LogP contribution in [0.3, 0.4) is 0 Å². The molecule has 0 saturated carbocycles. The summed E-state index contributed by atoms with van der Waals surface area (Å²) in [7, 11) is 0. The number of anilines is 1. The van der Waals surface area contributed by atoms with E-state index in [1.54, 1.807) is 18.3 Å². The van der Waals surface area contributed by atoms with Gasteiger partial charge in [-0.2, -0.15) is 5.26 Å². The lowest BCUT2D eigenvalue weighted by molar-refractivity contribution is 0.480. The minimum atomic E-state index is 0.389. The van der Waals surface area contributed by atoms with Gasteiger partial charge in [-0.25, -0.2) is 4.98 Å². The maximum atomic E-state index is 8.71. The van der Waals surface area contributed by atoms with Crippen molar-refractivity contribution in [3.05, 3.63) is 47.8 Å². The Morgan fingerprint density at radius 2 is 2.21 bits per heavy atom. The molecule has 1 aromatic carbocycles. The first kappa shape index (κ1) is 11.5. The molecule has 0 spiro atoms. The van der Waals surface area contributed by atoms with Crippen LogP contribution in [0.5, 0.6) is 11.5 Å². The van der Waals surface area contributed by atoms with E-state index in [9.17, 15) is 0 Å². The zero-order chi connectivity index (χ0) is 13.1. The molecule has 4 nitrogen and oxygen atoms in total. The Bertz CT molecular complexity index is 629. The first-order valence-corrected chi connectivity index (χ1v) is 6.26. The van der Waals surface area contributed by atoms with E-state index in [1.165, 1.54) is 5.56 Å². The quantitative estimate of drug-likeness (QED) is 0.891. The fraction of sp³-hybridized carbons (Fsp3) is 0.200. The Labute approximate surface area is 111 Å². The molecule has 0 atom stereocenters. The Hall–Kier alpha value is -2.54. The summed E-state index contributed by atoms with van der Waals surface area (Å²) in [5, 5.41) is 12.1. The topological polar surface area (TPSA) is 57.9 Å². The predicted octanol–water partition coefficient (Wildman–Crippen LogP) is 3.10. The summed E-state index contributed by atoms with van der Waals surface area (Å²) in [4.78, 5) is 4.00. The molecule has 4 heteroatoms. The predicted molar refractivity (Wildman–Crippen MR) is 72.3 cm³/mol. The van der Waals surface area contributed by atoms with Crippen LogP contribution >= 0.6 is 0 Å². The van der Waals surface area contributed by atoms with E-state index in [0.717, 1.165) is 30.8 Å². The summed E-state index contributed by atoms with van der Waals surface area (Å²) in [6, 6.07) is 11.5. The number of pyridine rings is 1. The van der Waals surface area contributed by atoms with Crippen LogP contribution in [-0.4, -0.2) is 11.5 Å². The number of para-hydroxylation sites is 1. The van der Waals surface area contributed by atoms with Crippen LogP contribution in [-0.2, 0) is 6.42 Å². The lowest BCUT2D eigenvalue weighted by Gasteiger charge is -2.20. The third-order valence-electron chi connectivity index (χ3n) is 3.12. The summed E-state index contributed by atoms with van der Waals surface area (Å²) in [6.45, 7) is 0.971. The van der Waals surface area contributed by atoms with Gasteiger partial charge in [-0.15, -0.1) is 0 Å². The van der Waals surface area contributed by atoms with Crippen molar-refractivity contribution in [3.63, 3.8) is 0 Å². The number of benzene rings is 1. The van der Waals surface area contributed by atoms with Gasteiger partial charge in [0, 0.05) is 6.54 Å². The van der Waals surface area contributed by atoms with Gasteiger partial charge < -0.3 is 10.1 Å². The lowest BCUT2D eigenvalue weighted by atomic mass is 10.0. The summed E-state index contributed by atoms with van der Waals surface area (Å²) >= 11 is 0. The molecular weight excluding hydrogens is 238 g/mol. The van der Waals surface area contributed by atoms with Gasteiger partial charge in [0.2, 0.25) is 0 Å². The summed E-state index contributed by atoms with van der Waals surface area (Å²) < 4.78 is 5.84. The van der Waals surface area contributed by atoms with Gasteiger partial charge in [-0.05, 0) is 36.6 Å². The van der Waals surface area contributed by atoms with Crippen LogP contribution in [0.15, 0.2) is 36.5 Å². The molecule has 0 fully saturated rings. The fourth-order valence-corrected chi connectivity index (χ4v) is 2.20. The van der Waals surface area contributed by atoms with E-state index in [-0.39, 0.29) is 0 Å². The number of nitriles is 1. The van der Waals surface area contributed by atoms with Crippen molar-refractivity contribution in [2.45, 2.75) is 12.8 Å². The van der Waals surface area contributed by atoms with Crippen molar-refractivity contribution in [2.75, 3.05) is 11.9 Å². The van der Waals surface area contributed by atoms with E-state index in [2.05, 4.69) is 16.4 Å². The van der Waals surface area contributed by atoms with E-state index in [0.29, 0.717) is 11.4 Å². The molecule has 1 aliphatic rings. The number of fused-ring (bicyclic) bond motifs is 1. The molecule has 19 heavy (non-hydrogen) atoms. The second-order valence-electron chi connectivity index (χ2n) is 4.41. The minimum Gasteiger partial charge on any atom is -0.454 e. The fourth-order valence-electron chi connectivity index (χ4n) is 2.20. The van der Waals surface area contributed by atoms with Gasteiger partial charge >= 0.3 is 0 Å². The monoisotopic (exact) mass is 251 g/mol. The van der Waals surface area contributed by atoms with E-state index >= 15 is 0 Å². The Kier molecular flexibility index (Phi) is 3.03. The number of nitrogens with one attached hydrogen (secondary N) is 1. The number of aryl methyl sites for hydroxylation is 1. The van der Waals surface area contributed by atoms with Crippen LogP contribution in [0.2, 0.25) is 0 Å². The zero-order valence-electron chi connectivity index (χ0n) is 10.4. The van der Waals surface area contributed by atoms with Crippen LogP contribution < -0.4 is 10.1 Å². The van der Waals surface area contributed by atoms with Gasteiger partial charge in [-0.1, -0.05) is 12.1 Å². The van der Waals surface area contributed by atoms with Crippen molar-refractivity contribution in [2.24, 2.45) is 0 Å². The highest BCUT2D eigenvalue weighted by molar-refractivity contribution is 5.64. The largest absolute Gasteiger partial charge is 0.454 e. The Morgan fingerprint density at radius 1 is 1.26 bits per heavy atom. The Morgan fingerprint density at radius 3 is 3.00 bits per heavy atom. The second-order valence-corrected chi connectivity index (χ2v) is 4.41. The van der Waals surface area contributed by atoms with Gasteiger partial charge in [0.15, 0.2) is 5.75 Å². The molecule has 94 valence electrons. The average Bonchev–Trinajstić information content (AvgIpc) is 2.48. The smallest absolute Gasteiger partial charge is 0.150 e. The number of aromatic nitrogens is 1.